The zero-order chi connectivity index (χ0) is 16.2. The smallest absolute Gasteiger partial charge is 0.274 e. The molecule has 0 spiro atoms. The molecule has 0 unspecified atom stereocenters. The molecule has 1 fully saturated rings. The summed E-state index contributed by atoms with van der Waals surface area (Å²) in [6.07, 6.45) is 1.40. The van der Waals surface area contributed by atoms with Gasteiger partial charge in [-0.25, -0.2) is 5.10 Å². The largest absolute Gasteiger partial charge is 0.348 e. The highest BCUT2D eigenvalue weighted by Crippen LogP contribution is 2.14. The molecule has 2 N–H and O–H groups in total. The molecule has 2 aromatic heterocycles. The maximum Gasteiger partial charge on any atom is 0.274 e. The zero-order valence-electron chi connectivity index (χ0n) is 12.3. The van der Waals surface area contributed by atoms with E-state index in [1.165, 1.54) is 23.5 Å². The number of carbonyl (C=O) groups excluding carboxylic acids is 2. The summed E-state index contributed by atoms with van der Waals surface area (Å²) in [5, 5.41) is 10.9. The topological polar surface area (TPSA) is 95.2 Å². The number of aromatic amines is 1. The Morgan fingerprint density at radius 3 is 2.65 bits per heavy atom. The summed E-state index contributed by atoms with van der Waals surface area (Å²) in [7, 11) is 0. The van der Waals surface area contributed by atoms with E-state index in [1.807, 2.05) is 11.4 Å². The summed E-state index contributed by atoms with van der Waals surface area (Å²) in [5.41, 5.74) is -0.109. The molecule has 23 heavy (non-hydrogen) atoms. The second kappa shape index (κ2) is 6.74. The van der Waals surface area contributed by atoms with Crippen LogP contribution in [0.3, 0.4) is 0 Å². The average Bonchev–Trinajstić information content (AvgIpc) is 3.10. The van der Waals surface area contributed by atoms with Crippen molar-refractivity contribution in [1.29, 1.82) is 0 Å². The molecule has 1 aliphatic heterocycles. The van der Waals surface area contributed by atoms with Crippen LogP contribution in [0.25, 0.3) is 0 Å². The van der Waals surface area contributed by atoms with Gasteiger partial charge >= 0.3 is 0 Å². The number of H-pyrrole nitrogens is 1. The van der Waals surface area contributed by atoms with E-state index in [-0.39, 0.29) is 29.1 Å². The summed E-state index contributed by atoms with van der Waals surface area (Å²) in [4.78, 5) is 37.7. The van der Waals surface area contributed by atoms with Crippen molar-refractivity contribution in [3.63, 3.8) is 0 Å². The zero-order valence-corrected chi connectivity index (χ0v) is 13.1. The maximum absolute atomic E-state index is 12.3. The number of likely N-dealkylation sites (tertiary alicyclic amines) is 1. The van der Waals surface area contributed by atoms with Gasteiger partial charge in [0.2, 0.25) is 0 Å². The lowest BCUT2D eigenvalue weighted by Crippen LogP contribution is -2.46. The van der Waals surface area contributed by atoms with Crippen molar-refractivity contribution in [2.45, 2.75) is 18.9 Å². The van der Waals surface area contributed by atoms with Gasteiger partial charge in [0.15, 0.2) is 0 Å². The molecule has 8 heteroatoms. The molecule has 3 rings (SSSR count). The minimum atomic E-state index is -0.337. The first kappa shape index (κ1) is 15.4. The van der Waals surface area contributed by atoms with Crippen molar-refractivity contribution >= 4 is 23.2 Å². The summed E-state index contributed by atoms with van der Waals surface area (Å²) in [5.74, 6) is -0.267. The molecular weight excluding hydrogens is 316 g/mol. The second-order valence-electron chi connectivity index (χ2n) is 5.32. The van der Waals surface area contributed by atoms with E-state index in [2.05, 4.69) is 15.5 Å². The van der Waals surface area contributed by atoms with Gasteiger partial charge < -0.3 is 10.2 Å². The quantitative estimate of drug-likeness (QED) is 0.872. The first-order valence-electron chi connectivity index (χ1n) is 7.33. The number of carbonyl (C=O) groups is 2. The van der Waals surface area contributed by atoms with Crippen LogP contribution in [-0.2, 0) is 0 Å². The molecule has 0 aromatic carbocycles. The number of nitrogens with zero attached hydrogens (tertiary/aromatic N) is 2. The van der Waals surface area contributed by atoms with Crippen molar-refractivity contribution < 1.29 is 9.59 Å². The summed E-state index contributed by atoms with van der Waals surface area (Å²) < 4.78 is 0. The lowest BCUT2D eigenvalue weighted by Gasteiger charge is -2.32. The highest BCUT2D eigenvalue weighted by molar-refractivity contribution is 7.12. The van der Waals surface area contributed by atoms with Crippen molar-refractivity contribution in [1.82, 2.24) is 20.4 Å². The van der Waals surface area contributed by atoms with Crippen molar-refractivity contribution in [3.8, 4) is 0 Å². The molecule has 0 aliphatic carbocycles. The van der Waals surface area contributed by atoms with E-state index in [0.717, 1.165) is 0 Å². The van der Waals surface area contributed by atoms with Gasteiger partial charge in [-0.05, 0) is 30.4 Å². The fraction of sp³-hybridized carbons (Fsp3) is 0.333. The standard InChI is InChI=1S/C15H16N4O3S/c20-13-4-3-11(17-18-13)15(22)19-7-5-10(6-8-19)16-14(21)12-2-1-9-23-12/h1-4,9-10H,5-8H2,(H,16,21)(H,18,20). The predicted molar refractivity (Wildman–Crippen MR) is 85.6 cm³/mol. The van der Waals surface area contributed by atoms with Crippen LogP contribution >= 0.6 is 11.3 Å². The van der Waals surface area contributed by atoms with Gasteiger partial charge in [0.1, 0.15) is 5.69 Å². The van der Waals surface area contributed by atoms with Crippen molar-refractivity contribution in [3.05, 3.63) is 50.6 Å². The van der Waals surface area contributed by atoms with Crippen LogP contribution in [0.4, 0.5) is 0 Å². The van der Waals surface area contributed by atoms with E-state index in [9.17, 15) is 14.4 Å². The van der Waals surface area contributed by atoms with E-state index >= 15 is 0 Å². The minimum absolute atomic E-state index is 0.0629. The molecule has 1 aliphatic rings. The molecule has 0 atom stereocenters. The number of nitrogens with one attached hydrogen (secondary N) is 2. The summed E-state index contributed by atoms with van der Waals surface area (Å²) >= 11 is 1.41. The predicted octanol–water partition coefficient (Wildman–Crippen LogP) is 0.866. The van der Waals surface area contributed by atoms with Crippen LogP contribution in [0, 0.1) is 0 Å². The molecule has 2 amide bonds. The number of aromatic nitrogens is 2. The maximum atomic E-state index is 12.3. The Labute approximate surface area is 136 Å². The van der Waals surface area contributed by atoms with Crippen molar-refractivity contribution in [2.24, 2.45) is 0 Å². The van der Waals surface area contributed by atoms with Crippen LogP contribution in [0.15, 0.2) is 34.4 Å². The van der Waals surface area contributed by atoms with Gasteiger partial charge in [0.25, 0.3) is 17.4 Å². The lowest BCUT2D eigenvalue weighted by molar-refractivity contribution is 0.0691. The second-order valence-corrected chi connectivity index (χ2v) is 6.27. The number of piperidine rings is 1. The molecule has 0 bridgehead atoms. The first-order valence-corrected chi connectivity index (χ1v) is 8.21. The van der Waals surface area contributed by atoms with Gasteiger partial charge in [-0.1, -0.05) is 6.07 Å². The highest BCUT2D eigenvalue weighted by Gasteiger charge is 2.25. The van der Waals surface area contributed by atoms with Crippen LogP contribution in [0.1, 0.15) is 33.0 Å². The van der Waals surface area contributed by atoms with Crippen LogP contribution in [0.2, 0.25) is 0 Å². The minimum Gasteiger partial charge on any atom is -0.348 e. The Bertz CT molecular complexity index is 728. The Hall–Kier alpha value is -2.48. The van der Waals surface area contributed by atoms with E-state index in [1.54, 1.807) is 11.0 Å². The molecule has 3 heterocycles. The van der Waals surface area contributed by atoms with Gasteiger partial charge in [-0.3, -0.25) is 14.4 Å². The molecule has 0 radical (unpaired) electrons. The van der Waals surface area contributed by atoms with E-state index < -0.39 is 0 Å². The highest BCUT2D eigenvalue weighted by atomic mass is 32.1. The normalized spacial score (nSPS) is 15.4. The van der Waals surface area contributed by atoms with E-state index in [4.69, 9.17) is 0 Å². The Morgan fingerprint density at radius 2 is 2.04 bits per heavy atom. The van der Waals surface area contributed by atoms with Crippen LogP contribution in [0.5, 0.6) is 0 Å². The SMILES string of the molecule is O=C(NC1CCN(C(=O)c2ccc(=O)[nH]n2)CC1)c1cccs1. The third-order valence-corrected chi connectivity index (χ3v) is 4.63. The molecule has 120 valence electrons. The fourth-order valence-corrected chi connectivity index (χ4v) is 3.14. The van der Waals surface area contributed by atoms with E-state index in [0.29, 0.717) is 30.8 Å². The monoisotopic (exact) mass is 332 g/mol. The average molecular weight is 332 g/mol. The van der Waals surface area contributed by atoms with Gasteiger partial charge in [-0.2, -0.15) is 5.10 Å². The fourth-order valence-electron chi connectivity index (χ4n) is 2.52. The Morgan fingerprint density at radius 1 is 1.26 bits per heavy atom. The van der Waals surface area contributed by atoms with Gasteiger partial charge in [0.05, 0.1) is 4.88 Å². The molecule has 1 saturated heterocycles. The number of hydrogen-bond donors (Lipinski definition) is 2. The molecule has 2 aromatic rings. The number of thiophene rings is 1. The number of hydrogen-bond acceptors (Lipinski definition) is 5. The third-order valence-electron chi connectivity index (χ3n) is 3.76. The molecular formula is C15H16N4O3S. The number of amides is 2. The molecule has 0 saturated carbocycles. The van der Waals surface area contributed by atoms with Gasteiger partial charge in [-0.15, -0.1) is 11.3 Å². The van der Waals surface area contributed by atoms with Crippen LogP contribution in [-0.4, -0.2) is 46.0 Å². The summed E-state index contributed by atoms with van der Waals surface area (Å²) in [6, 6.07) is 6.41. The Balaban J connectivity index is 1.54. The molecule has 7 nitrogen and oxygen atoms in total. The summed E-state index contributed by atoms with van der Waals surface area (Å²) in [6.45, 7) is 1.10. The van der Waals surface area contributed by atoms with Gasteiger partial charge in [0, 0.05) is 25.2 Å². The number of rotatable bonds is 3. The van der Waals surface area contributed by atoms with Crippen LogP contribution < -0.4 is 10.9 Å². The van der Waals surface area contributed by atoms with Crippen molar-refractivity contribution in [2.75, 3.05) is 13.1 Å². The Kier molecular flexibility index (Phi) is 4.52. The lowest BCUT2D eigenvalue weighted by atomic mass is 10.0. The third kappa shape index (κ3) is 3.65. The first-order chi connectivity index (χ1) is 11.1.